The second-order valence-electron chi connectivity index (χ2n) is 5.77. The number of carbonyl (C=O) groups excluding carboxylic acids is 1. The number of hydrogen-bond donors (Lipinski definition) is 1. The monoisotopic (exact) mass is 297 g/mol. The average molecular weight is 297 g/mol. The summed E-state index contributed by atoms with van der Waals surface area (Å²) in [4.78, 5) is 25.4. The van der Waals surface area contributed by atoms with Crippen LogP contribution in [0.25, 0.3) is 10.8 Å². The van der Waals surface area contributed by atoms with Crippen LogP contribution in [0.4, 0.5) is 0 Å². The van der Waals surface area contributed by atoms with Crippen LogP contribution in [0.2, 0.25) is 0 Å². The van der Waals surface area contributed by atoms with Crippen molar-refractivity contribution in [2.45, 2.75) is 25.3 Å². The van der Waals surface area contributed by atoms with Crippen LogP contribution in [-0.2, 0) is 4.79 Å². The summed E-state index contributed by atoms with van der Waals surface area (Å²) in [7, 11) is 0. The minimum absolute atomic E-state index is 0.0711. The molecular formula is C18H19NO3. The Kier molecular flexibility index (Phi) is 4.20. The van der Waals surface area contributed by atoms with E-state index in [4.69, 9.17) is 5.11 Å². The number of likely N-dealkylation sites (tertiary alicyclic amines) is 1. The van der Waals surface area contributed by atoms with E-state index in [0.717, 1.165) is 23.7 Å². The van der Waals surface area contributed by atoms with Crippen LogP contribution in [0.15, 0.2) is 42.5 Å². The molecule has 2 aromatic rings. The first kappa shape index (κ1) is 14.7. The lowest BCUT2D eigenvalue weighted by atomic mass is 10.0. The Labute approximate surface area is 129 Å². The predicted octanol–water partition coefficient (Wildman–Crippen LogP) is 2.96. The molecule has 1 aliphatic heterocycles. The predicted molar refractivity (Wildman–Crippen MR) is 85.1 cm³/mol. The van der Waals surface area contributed by atoms with Gasteiger partial charge >= 0.3 is 5.97 Å². The molecule has 1 unspecified atom stereocenters. The van der Waals surface area contributed by atoms with E-state index >= 15 is 0 Å². The Bertz CT molecular complexity index is 710. The highest BCUT2D eigenvalue weighted by molar-refractivity contribution is 6.00. The highest BCUT2D eigenvalue weighted by Crippen LogP contribution is 2.20. The summed E-state index contributed by atoms with van der Waals surface area (Å²) in [6, 6.07) is 13.2. The number of hydrogen-bond acceptors (Lipinski definition) is 3. The molecule has 0 aromatic heterocycles. The lowest BCUT2D eigenvalue weighted by molar-refractivity contribution is -0.142. The fourth-order valence-electron chi connectivity index (χ4n) is 3.13. The minimum Gasteiger partial charge on any atom is -0.480 e. The SMILES string of the molecule is O=C(CCN1CCCC1C(=O)O)c1ccc2ccccc2c1. The molecule has 1 N–H and O–H groups in total. The molecule has 4 heteroatoms. The molecule has 1 atom stereocenters. The normalized spacial score (nSPS) is 18.6. The first-order chi connectivity index (χ1) is 10.6. The van der Waals surface area contributed by atoms with Gasteiger partial charge in [0.2, 0.25) is 0 Å². The molecular weight excluding hydrogens is 278 g/mol. The molecule has 22 heavy (non-hydrogen) atoms. The van der Waals surface area contributed by atoms with Crippen LogP contribution in [0, 0.1) is 0 Å². The van der Waals surface area contributed by atoms with Gasteiger partial charge in [0.15, 0.2) is 5.78 Å². The van der Waals surface area contributed by atoms with Crippen molar-refractivity contribution in [1.82, 2.24) is 4.90 Å². The van der Waals surface area contributed by atoms with E-state index in [0.29, 0.717) is 24.9 Å². The summed E-state index contributed by atoms with van der Waals surface area (Å²) < 4.78 is 0. The first-order valence-electron chi connectivity index (χ1n) is 7.64. The number of carbonyl (C=O) groups is 2. The van der Waals surface area contributed by atoms with Crippen molar-refractivity contribution in [1.29, 1.82) is 0 Å². The number of aliphatic carboxylic acids is 1. The number of nitrogens with zero attached hydrogens (tertiary/aromatic N) is 1. The average Bonchev–Trinajstić information content (AvgIpc) is 3.01. The van der Waals surface area contributed by atoms with Crippen LogP contribution in [0.3, 0.4) is 0 Å². The number of ketones is 1. The van der Waals surface area contributed by atoms with Gasteiger partial charge in [0.1, 0.15) is 6.04 Å². The molecule has 3 rings (SSSR count). The fraction of sp³-hybridized carbons (Fsp3) is 0.333. The van der Waals surface area contributed by atoms with Crippen molar-refractivity contribution in [3.05, 3.63) is 48.0 Å². The van der Waals surface area contributed by atoms with Gasteiger partial charge in [0, 0.05) is 18.5 Å². The number of benzene rings is 2. The summed E-state index contributed by atoms with van der Waals surface area (Å²) >= 11 is 0. The Balaban J connectivity index is 1.67. The maximum absolute atomic E-state index is 12.3. The van der Waals surface area contributed by atoms with Gasteiger partial charge in [-0.05, 0) is 36.2 Å². The lowest BCUT2D eigenvalue weighted by Crippen LogP contribution is -2.37. The Morgan fingerprint density at radius 2 is 1.91 bits per heavy atom. The lowest BCUT2D eigenvalue weighted by Gasteiger charge is -2.20. The van der Waals surface area contributed by atoms with Gasteiger partial charge in [-0.1, -0.05) is 36.4 Å². The Hall–Kier alpha value is -2.20. The molecule has 0 bridgehead atoms. The highest BCUT2D eigenvalue weighted by Gasteiger charge is 2.30. The van der Waals surface area contributed by atoms with Crippen LogP contribution < -0.4 is 0 Å². The van der Waals surface area contributed by atoms with Gasteiger partial charge in [-0.15, -0.1) is 0 Å². The molecule has 0 saturated carbocycles. The maximum Gasteiger partial charge on any atom is 0.320 e. The molecule has 0 spiro atoms. The number of carboxylic acids is 1. The van der Waals surface area contributed by atoms with Crippen molar-refractivity contribution >= 4 is 22.5 Å². The molecule has 4 nitrogen and oxygen atoms in total. The van der Waals surface area contributed by atoms with Crippen molar-refractivity contribution < 1.29 is 14.7 Å². The molecule has 0 amide bonds. The van der Waals surface area contributed by atoms with Gasteiger partial charge < -0.3 is 5.11 Å². The van der Waals surface area contributed by atoms with Gasteiger partial charge in [-0.3, -0.25) is 14.5 Å². The standard InChI is InChI=1S/C18H19NO3/c20-17(9-11-19-10-3-6-16(19)18(21)22)15-8-7-13-4-1-2-5-14(13)12-15/h1-2,4-5,7-8,12,16H,3,6,9-11H2,(H,21,22). The van der Waals surface area contributed by atoms with Crippen LogP contribution >= 0.6 is 0 Å². The number of carboxylic acid groups (broad SMARTS) is 1. The largest absolute Gasteiger partial charge is 0.480 e. The van der Waals surface area contributed by atoms with E-state index in [9.17, 15) is 9.59 Å². The molecule has 2 aromatic carbocycles. The molecule has 0 radical (unpaired) electrons. The van der Waals surface area contributed by atoms with E-state index in [1.165, 1.54) is 0 Å². The van der Waals surface area contributed by atoms with Crippen molar-refractivity contribution in [3.8, 4) is 0 Å². The Morgan fingerprint density at radius 1 is 1.14 bits per heavy atom. The van der Waals surface area contributed by atoms with Gasteiger partial charge in [-0.2, -0.15) is 0 Å². The highest BCUT2D eigenvalue weighted by atomic mass is 16.4. The van der Waals surface area contributed by atoms with Crippen molar-refractivity contribution in [2.24, 2.45) is 0 Å². The second-order valence-corrected chi connectivity index (χ2v) is 5.77. The van der Waals surface area contributed by atoms with Gasteiger partial charge in [-0.25, -0.2) is 0 Å². The smallest absolute Gasteiger partial charge is 0.320 e. The number of rotatable bonds is 5. The zero-order valence-corrected chi connectivity index (χ0v) is 12.4. The molecule has 1 aliphatic rings. The Morgan fingerprint density at radius 3 is 2.68 bits per heavy atom. The van der Waals surface area contributed by atoms with Crippen LogP contribution in [0.5, 0.6) is 0 Å². The van der Waals surface area contributed by atoms with E-state index in [1.807, 2.05) is 47.4 Å². The van der Waals surface area contributed by atoms with Crippen LogP contribution in [0.1, 0.15) is 29.6 Å². The maximum atomic E-state index is 12.3. The van der Waals surface area contributed by atoms with Gasteiger partial charge in [0.25, 0.3) is 0 Å². The van der Waals surface area contributed by atoms with E-state index in [2.05, 4.69) is 0 Å². The summed E-state index contributed by atoms with van der Waals surface area (Å²) in [5.41, 5.74) is 0.699. The third kappa shape index (κ3) is 3.02. The first-order valence-corrected chi connectivity index (χ1v) is 7.64. The van der Waals surface area contributed by atoms with Gasteiger partial charge in [0.05, 0.1) is 0 Å². The fourth-order valence-corrected chi connectivity index (χ4v) is 3.13. The summed E-state index contributed by atoms with van der Waals surface area (Å²) in [5, 5.41) is 11.3. The molecule has 114 valence electrons. The molecule has 1 heterocycles. The zero-order chi connectivity index (χ0) is 15.5. The van der Waals surface area contributed by atoms with E-state index in [-0.39, 0.29) is 5.78 Å². The van der Waals surface area contributed by atoms with E-state index < -0.39 is 12.0 Å². The second kappa shape index (κ2) is 6.28. The third-order valence-corrected chi connectivity index (χ3v) is 4.35. The summed E-state index contributed by atoms with van der Waals surface area (Å²) in [6.45, 7) is 1.28. The molecule has 1 fully saturated rings. The molecule has 0 aliphatic carbocycles. The quantitative estimate of drug-likeness (QED) is 0.862. The summed E-state index contributed by atoms with van der Waals surface area (Å²) in [5.74, 6) is -0.711. The van der Waals surface area contributed by atoms with E-state index in [1.54, 1.807) is 0 Å². The topological polar surface area (TPSA) is 57.6 Å². The molecule has 1 saturated heterocycles. The number of Topliss-reactive ketones (excluding diaryl/α,β-unsaturated/α-hetero) is 1. The minimum atomic E-state index is -0.782. The summed E-state index contributed by atoms with van der Waals surface area (Å²) in [6.07, 6.45) is 1.93. The van der Waals surface area contributed by atoms with Crippen molar-refractivity contribution in [3.63, 3.8) is 0 Å². The van der Waals surface area contributed by atoms with Crippen LogP contribution in [-0.4, -0.2) is 40.9 Å². The number of fused-ring (bicyclic) bond motifs is 1. The third-order valence-electron chi connectivity index (χ3n) is 4.35. The van der Waals surface area contributed by atoms with Crippen molar-refractivity contribution in [2.75, 3.05) is 13.1 Å². The zero-order valence-electron chi connectivity index (χ0n) is 12.4.